The van der Waals surface area contributed by atoms with Gasteiger partial charge in [-0.05, 0) is 69.6 Å². The Bertz CT molecular complexity index is 1100. The zero-order chi connectivity index (χ0) is 26.0. The minimum atomic E-state index is -0.860. The molecule has 2 aliphatic carbocycles. The maximum Gasteiger partial charge on any atom is 0.327 e. The van der Waals surface area contributed by atoms with E-state index in [0.29, 0.717) is 22.5 Å². The van der Waals surface area contributed by atoms with Gasteiger partial charge in [-0.2, -0.15) is 0 Å². The second-order valence-corrected chi connectivity index (χ2v) is 13.4. The Morgan fingerprint density at radius 2 is 1.81 bits per heavy atom. The molecule has 1 aromatic heterocycles. The first-order valence-corrected chi connectivity index (χ1v) is 15.7. The van der Waals surface area contributed by atoms with Gasteiger partial charge in [0.05, 0.1) is 11.0 Å². The van der Waals surface area contributed by atoms with Gasteiger partial charge in [-0.1, -0.05) is 81.2 Å². The second kappa shape index (κ2) is 11.7. The predicted molar refractivity (Wildman–Crippen MR) is 150 cm³/mol. The predicted octanol–water partition coefficient (Wildman–Crippen LogP) is 8.32. The molecule has 7 heteroatoms. The topological polar surface area (TPSA) is 61.2 Å². The van der Waals surface area contributed by atoms with Crippen LogP contribution in [0.3, 0.4) is 0 Å². The summed E-state index contributed by atoms with van der Waals surface area (Å²) >= 11 is 7.45. The van der Waals surface area contributed by atoms with E-state index >= 15 is 0 Å². The molecule has 0 N–H and O–H groups in total. The lowest BCUT2D eigenvalue weighted by Gasteiger charge is -2.43. The highest BCUT2D eigenvalue weighted by molar-refractivity contribution is 8.01. The van der Waals surface area contributed by atoms with E-state index in [4.69, 9.17) is 21.3 Å². The molecular weight excluding hydrogens is 504 g/mol. The lowest BCUT2D eigenvalue weighted by Crippen LogP contribution is -2.52. The minimum absolute atomic E-state index is 0.000764. The summed E-state index contributed by atoms with van der Waals surface area (Å²) < 4.78 is 8.44. The number of benzene rings is 1. The number of aromatic nitrogens is 2. The number of ether oxygens (including phenoxy) is 1. The first-order valence-electron chi connectivity index (χ1n) is 14.5. The lowest BCUT2D eigenvalue weighted by molar-refractivity contribution is -0.177. The van der Waals surface area contributed by atoms with Gasteiger partial charge in [0.15, 0.2) is 16.2 Å². The Morgan fingerprint density at radius 3 is 2.51 bits per heavy atom. The fourth-order valence-electron chi connectivity index (χ4n) is 7.02. The summed E-state index contributed by atoms with van der Waals surface area (Å²) in [5.74, 6) is 0.799. The van der Waals surface area contributed by atoms with Crippen LogP contribution in [-0.4, -0.2) is 32.2 Å². The number of nitrogens with zero attached hydrogens (tertiary/aromatic N) is 2. The number of cyclic esters (lactones) is 1. The average molecular weight is 545 g/mol. The van der Waals surface area contributed by atoms with Crippen LogP contribution in [0.25, 0.3) is 11.0 Å². The number of thioether (sulfide) groups is 1. The third-order valence-electron chi connectivity index (χ3n) is 8.93. The summed E-state index contributed by atoms with van der Waals surface area (Å²) in [5, 5.41) is 0.431. The van der Waals surface area contributed by atoms with Crippen LogP contribution in [0.1, 0.15) is 110 Å². The summed E-state index contributed by atoms with van der Waals surface area (Å²) in [4.78, 5) is 31.9. The number of fused-ring (bicyclic) bond motifs is 1. The van der Waals surface area contributed by atoms with Gasteiger partial charge in [0.1, 0.15) is 5.60 Å². The standard InChI is InChI=1S/C30H41ClN2O3S/c1-20(2)33-25-16-15-23(31)18-24(25)32-29(33)37-27-26(34)19-30(36-28(27)35,22-13-6-7-14-22)17-9-8-12-21-10-4-3-5-11-21/h15-16,18,20-22,27H,3-14,17,19H2,1-2H3. The van der Waals surface area contributed by atoms with Gasteiger partial charge in [-0.3, -0.25) is 9.59 Å². The van der Waals surface area contributed by atoms with Crippen molar-refractivity contribution in [1.29, 1.82) is 0 Å². The number of unbranched alkanes of at least 4 members (excludes halogenated alkanes) is 1. The molecule has 1 saturated heterocycles. The number of carbonyl (C=O) groups is 2. The largest absolute Gasteiger partial charge is 0.457 e. The number of rotatable bonds is 9. The second-order valence-electron chi connectivity index (χ2n) is 11.8. The molecule has 2 aromatic rings. The quantitative estimate of drug-likeness (QED) is 0.180. The number of carbonyl (C=O) groups excluding carboxylic acids is 2. The van der Waals surface area contributed by atoms with E-state index < -0.39 is 10.9 Å². The van der Waals surface area contributed by atoms with Gasteiger partial charge in [0.2, 0.25) is 0 Å². The molecule has 1 aliphatic heterocycles. The van der Waals surface area contributed by atoms with Crippen LogP contribution in [0.15, 0.2) is 23.4 Å². The summed E-state index contributed by atoms with van der Waals surface area (Å²) in [5.41, 5.74) is 1.12. The van der Waals surface area contributed by atoms with Crippen molar-refractivity contribution in [2.75, 3.05) is 0 Å². The van der Waals surface area contributed by atoms with E-state index in [1.165, 1.54) is 69.5 Å². The molecule has 2 unspecified atom stereocenters. The molecule has 202 valence electrons. The molecule has 3 aliphatic rings. The number of esters is 1. The molecule has 2 heterocycles. The summed E-state index contributed by atoms with van der Waals surface area (Å²) in [6.07, 6.45) is 16.0. The normalized spacial score (nSPS) is 25.9. The minimum Gasteiger partial charge on any atom is -0.457 e. The third kappa shape index (κ3) is 5.90. The van der Waals surface area contributed by atoms with Gasteiger partial charge in [0, 0.05) is 17.5 Å². The smallest absolute Gasteiger partial charge is 0.327 e. The maximum atomic E-state index is 13.6. The van der Waals surface area contributed by atoms with Crippen LogP contribution in [0.5, 0.6) is 0 Å². The van der Waals surface area contributed by atoms with Crippen LogP contribution in [0, 0.1) is 11.8 Å². The molecule has 37 heavy (non-hydrogen) atoms. The van der Waals surface area contributed by atoms with E-state index in [0.717, 1.165) is 42.6 Å². The zero-order valence-electron chi connectivity index (χ0n) is 22.3. The number of hydrogen-bond acceptors (Lipinski definition) is 5. The molecule has 5 nitrogen and oxygen atoms in total. The van der Waals surface area contributed by atoms with E-state index in [9.17, 15) is 9.59 Å². The fourth-order valence-corrected chi connectivity index (χ4v) is 8.33. The zero-order valence-corrected chi connectivity index (χ0v) is 23.9. The molecule has 2 atom stereocenters. The van der Waals surface area contributed by atoms with Crippen molar-refractivity contribution in [3.63, 3.8) is 0 Å². The van der Waals surface area contributed by atoms with Crippen molar-refractivity contribution < 1.29 is 14.3 Å². The molecular formula is C30H41ClN2O3S. The summed E-state index contributed by atoms with van der Waals surface area (Å²) in [6.45, 7) is 4.17. The van der Waals surface area contributed by atoms with Gasteiger partial charge >= 0.3 is 5.97 Å². The first kappa shape index (κ1) is 27.1. The van der Waals surface area contributed by atoms with Crippen molar-refractivity contribution in [3.8, 4) is 0 Å². The van der Waals surface area contributed by atoms with Crippen molar-refractivity contribution >= 4 is 46.1 Å². The summed E-state index contributed by atoms with van der Waals surface area (Å²) in [7, 11) is 0. The number of imidazole rings is 1. The highest BCUT2D eigenvalue weighted by Gasteiger charge is 2.52. The van der Waals surface area contributed by atoms with Crippen molar-refractivity contribution in [3.05, 3.63) is 23.2 Å². The number of hydrogen-bond donors (Lipinski definition) is 0. The average Bonchev–Trinajstić information content (AvgIpc) is 3.53. The van der Waals surface area contributed by atoms with E-state index in [-0.39, 0.29) is 17.8 Å². The molecule has 0 bridgehead atoms. The first-order chi connectivity index (χ1) is 17.9. The third-order valence-corrected chi connectivity index (χ3v) is 10.4. The van der Waals surface area contributed by atoms with E-state index in [1.807, 2.05) is 18.2 Å². The fraction of sp³-hybridized carbons (Fsp3) is 0.700. The van der Waals surface area contributed by atoms with Gasteiger partial charge in [-0.25, -0.2) is 4.98 Å². The van der Waals surface area contributed by atoms with Gasteiger partial charge in [-0.15, -0.1) is 0 Å². The molecule has 0 spiro atoms. The Hall–Kier alpha value is -1.53. The van der Waals surface area contributed by atoms with Crippen LogP contribution in [0.4, 0.5) is 0 Å². The van der Waals surface area contributed by atoms with Crippen molar-refractivity contribution in [2.45, 2.75) is 126 Å². The van der Waals surface area contributed by atoms with Crippen molar-refractivity contribution in [1.82, 2.24) is 9.55 Å². The Morgan fingerprint density at radius 1 is 1.08 bits per heavy atom. The Labute approximate surface area is 230 Å². The SMILES string of the molecule is CC(C)n1c(SC2C(=O)CC(CCCCC3CCCCC3)(C3CCCC3)OC2=O)nc2cc(Cl)ccc21. The molecule has 0 amide bonds. The van der Waals surface area contributed by atoms with E-state index in [2.05, 4.69) is 18.4 Å². The Kier molecular flexibility index (Phi) is 8.55. The van der Waals surface area contributed by atoms with Gasteiger partial charge in [0.25, 0.3) is 0 Å². The van der Waals surface area contributed by atoms with Crippen LogP contribution in [0.2, 0.25) is 5.02 Å². The Balaban J connectivity index is 1.30. The van der Waals surface area contributed by atoms with E-state index in [1.54, 1.807) is 0 Å². The molecule has 1 aromatic carbocycles. The van der Waals surface area contributed by atoms with Crippen molar-refractivity contribution in [2.24, 2.45) is 11.8 Å². The highest BCUT2D eigenvalue weighted by Crippen LogP contribution is 2.46. The van der Waals surface area contributed by atoms with Gasteiger partial charge < -0.3 is 9.30 Å². The number of Topliss-reactive ketones (excluding diaryl/α,β-unsaturated/α-hetero) is 1. The molecule has 0 radical (unpaired) electrons. The number of ketones is 1. The maximum absolute atomic E-state index is 13.6. The summed E-state index contributed by atoms with van der Waals surface area (Å²) in [6, 6.07) is 5.77. The number of halogens is 1. The van der Waals surface area contributed by atoms with Crippen LogP contribution < -0.4 is 0 Å². The van der Waals surface area contributed by atoms with Crippen LogP contribution in [-0.2, 0) is 14.3 Å². The lowest BCUT2D eigenvalue weighted by atomic mass is 9.75. The van der Waals surface area contributed by atoms with Crippen LogP contribution >= 0.6 is 23.4 Å². The monoisotopic (exact) mass is 544 g/mol. The molecule has 3 fully saturated rings. The molecule has 2 saturated carbocycles. The molecule has 5 rings (SSSR count). The highest BCUT2D eigenvalue weighted by atomic mass is 35.5.